The molecule has 0 amide bonds. The van der Waals surface area contributed by atoms with E-state index in [4.69, 9.17) is 10.00 Å². The molecular formula is C13H12N4O3. The molecule has 20 heavy (non-hydrogen) atoms. The van der Waals surface area contributed by atoms with Crippen LogP contribution in [0.4, 0.5) is 5.69 Å². The summed E-state index contributed by atoms with van der Waals surface area (Å²) in [6.45, 7) is 3.57. The minimum absolute atomic E-state index is 0.110. The average molecular weight is 272 g/mol. The van der Waals surface area contributed by atoms with Gasteiger partial charge in [-0.15, -0.1) is 0 Å². The Hall–Kier alpha value is -2.88. The highest BCUT2D eigenvalue weighted by molar-refractivity contribution is 5.54. The molecule has 0 saturated carbocycles. The van der Waals surface area contributed by atoms with Gasteiger partial charge in [0.05, 0.1) is 16.7 Å². The summed E-state index contributed by atoms with van der Waals surface area (Å²) in [7, 11) is 0. The fourth-order valence-electron chi connectivity index (χ4n) is 1.75. The quantitative estimate of drug-likeness (QED) is 0.629. The second-order valence-corrected chi connectivity index (χ2v) is 4.31. The SMILES string of the molecule is CC(C)Oc1cc(-n2ccnc2C#N)ccc1[N+](=O)[O-]. The third kappa shape index (κ3) is 2.59. The van der Waals surface area contributed by atoms with Crippen molar-refractivity contribution in [2.24, 2.45) is 0 Å². The van der Waals surface area contributed by atoms with E-state index >= 15 is 0 Å². The fourth-order valence-corrected chi connectivity index (χ4v) is 1.75. The minimum atomic E-state index is -0.499. The maximum atomic E-state index is 11.0. The maximum absolute atomic E-state index is 11.0. The molecule has 1 aromatic carbocycles. The predicted molar refractivity (Wildman–Crippen MR) is 70.7 cm³/mol. The van der Waals surface area contributed by atoms with Gasteiger partial charge in [-0.25, -0.2) is 4.98 Å². The summed E-state index contributed by atoms with van der Waals surface area (Å²) in [6, 6.07) is 6.38. The molecule has 0 bridgehead atoms. The van der Waals surface area contributed by atoms with Crippen molar-refractivity contribution in [3.8, 4) is 17.5 Å². The lowest BCUT2D eigenvalue weighted by Crippen LogP contribution is -2.08. The first-order chi connectivity index (χ1) is 9.52. The van der Waals surface area contributed by atoms with Crippen LogP contribution < -0.4 is 4.74 Å². The van der Waals surface area contributed by atoms with Gasteiger partial charge in [-0.2, -0.15) is 5.26 Å². The van der Waals surface area contributed by atoms with Crippen molar-refractivity contribution in [3.63, 3.8) is 0 Å². The Labute approximate surface area is 115 Å². The van der Waals surface area contributed by atoms with E-state index in [-0.39, 0.29) is 23.4 Å². The third-order valence-electron chi connectivity index (χ3n) is 2.52. The van der Waals surface area contributed by atoms with E-state index < -0.39 is 4.92 Å². The maximum Gasteiger partial charge on any atom is 0.311 e. The van der Waals surface area contributed by atoms with Crippen LogP contribution >= 0.6 is 0 Å². The number of hydrogen-bond donors (Lipinski definition) is 0. The van der Waals surface area contributed by atoms with Gasteiger partial charge in [0.25, 0.3) is 0 Å². The molecule has 2 rings (SSSR count). The van der Waals surface area contributed by atoms with Gasteiger partial charge in [-0.3, -0.25) is 14.7 Å². The van der Waals surface area contributed by atoms with Crippen LogP contribution in [-0.2, 0) is 0 Å². The van der Waals surface area contributed by atoms with Crippen LogP contribution in [0.15, 0.2) is 30.6 Å². The van der Waals surface area contributed by atoms with Crippen molar-refractivity contribution in [1.29, 1.82) is 5.26 Å². The van der Waals surface area contributed by atoms with Crippen molar-refractivity contribution in [2.45, 2.75) is 20.0 Å². The molecule has 1 aromatic heterocycles. The number of nitrogens with zero attached hydrogens (tertiary/aromatic N) is 4. The zero-order valence-corrected chi connectivity index (χ0v) is 11.0. The number of nitro groups is 1. The second kappa shape index (κ2) is 5.40. The molecule has 0 unspecified atom stereocenters. The van der Waals surface area contributed by atoms with Gasteiger partial charge in [0.1, 0.15) is 6.07 Å². The van der Waals surface area contributed by atoms with Gasteiger partial charge in [-0.05, 0) is 19.9 Å². The predicted octanol–water partition coefficient (Wildman–Crippen LogP) is 2.44. The molecule has 1 heterocycles. The molecule has 0 saturated heterocycles. The van der Waals surface area contributed by atoms with Crippen molar-refractivity contribution < 1.29 is 9.66 Å². The van der Waals surface area contributed by atoms with Crippen molar-refractivity contribution >= 4 is 5.69 Å². The molecule has 0 aliphatic rings. The zero-order chi connectivity index (χ0) is 14.7. The minimum Gasteiger partial charge on any atom is -0.484 e. The van der Waals surface area contributed by atoms with Gasteiger partial charge in [0, 0.05) is 24.5 Å². The molecule has 0 aliphatic heterocycles. The number of imidazole rings is 1. The smallest absolute Gasteiger partial charge is 0.311 e. The van der Waals surface area contributed by atoms with Crippen LogP contribution in [0.5, 0.6) is 5.75 Å². The van der Waals surface area contributed by atoms with E-state index in [1.165, 1.54) is 22.9 Å². The van der Waals surface area contributed by atoms with E-state index in [1.807, 2.05) is 6.07 Å². The fraction of sp³-hybridized carbons (Fsp3) is 0.231. The molecule has 0 radical (unpaired) electrons. The second-order valence-electron chi connectivity index (χ2n) is 4.31. The Kier molecular flexibility index (Phi) is 3.66. The van der Waals surface area contributed by atoms with Crippen LogP contribution in [0.3, 0.4) is 0 Å². The highest BCUT2D eigenvalue weighted by atomic mass is 16.6. The molecule has 0 aliphatic carbocycles. The first kappa shape index (κ1) is 13.5. The molecule has 0 atom stereocenters. The van der Waals surface area contributed by atoms with Gasteiger partial charge in [0.15, 0.2) is 5.75 Å². The summed E-state index contributed by atoms with van der Waals surface area (Å²) in [4.78, 5) is 14.4. The largest absolute Gasteiger partial charge is 0.484 e. The molecule has 0 N–H and O–H groups in total. The van der Waals surface area contributed by atoms with Gasteiger partial charge in [0.2, 0.25) is 5.82 Å². The van der Waals surface area contributed by atoms with Gasteiger partial charge < -0.3 is 4.74 Å². The average Bonchev–Trinajstić information content (AvgIpc) is 2.85. The monoisotopic (exact) mass is 272 g/mol. The van der Waals surface area contributed by atoms with Crippen LogP contribution in [0, 0.1) is 21.4 Å². The highest BCUT2D eigenvalue weighted by Gasteiger charge is 2.18. The summed E-state index contributed by atoms with van der Waals surface area (Å²) in [5, 5.41) is 19.9. The lowest BCUT2D eigenvalue weighted by molar-refractivity contribution is -0.386. The first-order valence-corrected chi connectivity index (χ1v) is 5.92. The zero-order valence-electron chi connectivity index (χ0n) is 11.0. The number of rotatable bonds is 4. The highest BCUT2D eigenvalue weighted by Crippen LogP contribution is 2.30. The lowest BCUT2D eigenvalue weighted by atomic mass is 10.2. The van der Waals surface area contributed by atoms with Gasteiger partial charge >= 0.3 is 5.69 Å². The van der Waals surface area contributed by atoms with Crippen molar-refractivity contribution in [3.05, 3.63) is 46.5 Å². The van der Waals surface area contributed by atoms with E-state index in [0.29, 0.717) is 5.69 Å². The molecule has 0 spiro atoms. The summed E-state index contributed by atoms with van der Waals surface area (Å²) in [5.41, 5.74) is 0.473. The van der Waals surface area contributed by atoms with Crippen LogP contribution in [0.1, 0.15) is 19.7 Å². The molecule has 7 nitrogen and oxygen atoms in total. The summed E-state index contributed by atoms with van der Waals surface area (Å²) in [5.74, 6) is 0.370. The Bertz CT molecular complexity index is 685. The van der Waals surface area contributed by atoms with E-state index in [9.17, 15) is 10.1 Å². The number of aromatic nitrogens is 2. The Morgan fingerprint density at radius 1 is 1.50 bits per heavy atom. The Morgan fingerprint density at radius 2 is 2.25 bits per heavy atom. The van der Waals surface area contributed by atoms with Crippen molar-refractivity contribution in [1.82, 2.24) is 9.55 Å². The normalized spacial score (nSPS) is 10.3. The van der Waals surface area contributed by atoms with Gasteiger partial charge in [-0.1, -0.05) is 0 Å². The van der Waals surface area contributed by atoms with Crippen LogP contribution in [0.25, 0.3) is 5.69 Å². The standard InChI is InChI=1S/C13H12N4O3/c1-9(2)20-12-7-10(3-4-11(12)17(18)19)16-6-5-15-13(16)8-14/h3-7,9H,1-2H3. The molecule has 7 heteroatoms. The van der Waals surface area contributed by atoms with E-state index in [2.05, 4.69) is 4.98 Å². The summed E-state index contributed by atoms with van der Waals surface area (Å²) < 4.78 is 7.00. The summed E-state index contributed by atoms with van der Waals surface area (Å²) >= 11 is 0. The number of ether oxygens (including phenoxy) is 1. The number of hydrogen-bond acceptors (Lipinski definition) is 5. The first-order valence-electron chi connectivity index (χ1n) is 5.92. The van der Waals surface area contributed by atoms with Crippen LogP contribution in [0.2, 0.25) is 0 Å². The Morgan fingerprint density at radius 3 is 2.85 bits per heavy atom. The summed E-state index contributed by atoms with van der Waals surface area (Å²) in [6.07, 6.45) is 2.91. The number of nitriles is 1. The van der Waals surface area contributed by atoms with Crippen molar-refractivity contribution in [2.75, 3.05) is 0 Å². The number of nitro benzene ring substituents is 1. The molecule has 2 aromatic rings. The van der Waals surface area contributed by atoms with Crippen LogP contribution in [-0.4, -0.2) is 20.6 Å². The Balaban J connectivity index is 2.52. The van der Waals surface area contributed by atoms with E-state index in [0.717, 1.165) is 0 Å². The third-order valence-corrected chi connectivity index (χ3v) is 2.52. The molecular weight excluding hydrogens is 260 g/mol. The van der Waals surface area contributed by atoms with E-state index in [1.54, 1.807) is 26.1 Å². The topological polar surface area (TPSA) is 94.0 Å². The molecule has 0 fully saturated rings. The lowest BCUT2D eigenvalue weighted by Gasteiger charge is -2.12. The molecule has 102 valence electrons. The number of benzene rings is 1.